The molecule has 2 aliphatic rings. The average molecular weight is 224 g/mol. The van der Waals surface area contributed by atoms with Crippen LogP contribution in [-0.2, 0) is 0 Å². The molecule has 0 unspecified atom stereocenters. The molecule has 0 aromatic heterocycles. The molecule has 16 heavy (non-hydrogen) atoms. The molecule has 0 spiro atoms. The van der Waals surface area contributed by atoms with Gasteiger partial charge in [0.1, 0.15) is 0 Å². The van der Waals surface area contributed by atoms with Gasteiger partial charge in [0, 0.05) is 0 Å². The fourth-order valence-corrected chi connectivity index (χ4v) is 3.03. The lowest BCUT2D eigenvalue weighted by molar-refractivity contribution is 0.180. The molecule has 2 rings (SSSR count). The van der Waals surface area contributed by atoms with Crippen molar-refractivity contribution in [2.75, 3.05) is 0 Å². The van der Waals surface area contributed by atoms with Gasteiger partial charge in [0.15, 0.2) is 0 Å². The van der Waals surface area contributed by atoms with Crippen molar-refractivity contribution in [2.45, 2.75) is 91.4 Å². The van der Waals surface area contributed by atoms with Gasteiger partial charge in [-0.15, -0.1) is 0 Å². The molecule has 0 heterocycles. The van der Waals surface area contributed by atoms with Crippen molar-refractivity contribution in [1.82, 2.24) is 0 Å². The van der Waals surface area contributed by atoms with Gasteiger partial charge in [-0.05, 0) is 24.2 Å². The summed E-state index contributed by atoms with van der Waals surface area (Å²) in [6.45, 7) is 7.13. The Morgan fingerprint density at radius 1 is 0.562 bits per heavy atom. The first kappa shape index (κ1) is 14.1. The van der Waals surface area contributed by atoms with Crippen molar-refractivity contribution in [3.05, 3.63) is 0 Å². The first-order chi connectivity index (χ1) is 7.61. The van der Waals surface area contributed by atoms with Gasteiger partial charge in [0.25, 0.3) is 0 Å². The van der Waals surface area contributed by atoms with Gasteiger partial charge in [-0.1, -0.05) is 78.6 Å². The molecule has 0 atom stereocenters. The Morgan fingerprint density at radius 2 is 0.875 bits per heavy atom. The van der Waals surface area contributed by atoms with Gasteiger partial charge in [-0.25, -0.2) is 0 Å². The molecule has 0 N–H and O–H groups in total. The van der Waals surface area contributed by atoms with Crippen LogP contribution in [0.15, 0.2) is 0 Å². The van der Waals surface area contributed by atoms with E-state index in [1.165, 1.54) is 70.6 Å². The minimum atomic E-state index is 0.570. The Balaban J connectivity index is 0.000000181. The van der Waals surface area contributed by atoms with Crippen LogP contribution in [0.3, 0.4) is 0 Å². The van der Waals surface area contributed by atoms with E-state index in [-0.39, 0.29) is 0 Å². The second-order valence-electron chi connectivity index (χ2n) is 6.82. The van der Waals surface area contributed by atoms with Gasteiger partial charge in [0.05, 0.1) is 0 Å². The smallest absolute Gasteiger partial charge is 0.0354 e. The lowest BCUT2D eigenvalue weighted by Crippen LogP contribution is -2.22. The van der Waals surface area contributed by atoms with Gasteiger partial charge < -0.3 is 0 Å². The molecule has 0 nitrogen and oxygen atoms in total. The topological polar surface area (TPSA) is 0 Å². The van der Waals surface area contributed by atoms with Crippen LogP contribution in [0, 0.1) is 11.3 Å². The average Bonchev–Trinajstić information content (AvgIpc) is 2.32. The third-order valence-corrected chi connectivity index (χ3v) is 4.33. The van der Waals surface area contributed by atoms with Crippen molar-refractivity contribution in [1.29, 1.82) is 0 Å². The lowest BCUT2D eigenvalue weighted by atomic mass is 9.72. The SMILES string of the molecule is C1CCCCC1.CC(C)(C)C1CCCCC1. The highest BCUT2D eigenvalue weighted by molar-refractivity contribution is 4.76. The molecule has 0 radical (unpaired) electrons. The Labute approximate surface area is 103 Å². The normalized spacial score (nSPS) is 23.4. The van der Waals surface area contributed by atoms with E-state index in [0.29, 0.717) is 5.41 Å². The fraction of sp³-hybridized carbons (Fsp3) is 1.00. The summed E-state index contributed by atoms with van der Waals surface area (Å²) in [7, 11) is 0. The quantitative estimate of drug-likeness (QED) is 0.476. The highest BCUT2D eigenvalue weighted by Gasteiger charge is 2.25. The molecule has 2 saturated carbocycles. The van der Waals surface area contributed by atoms with E-state index in [2.05, 4.69) is 20.8 Å². The summed E-state index contributed by atoms with van der Waals surface area (Å²) < 4.78 is 0. The number of rotatable bonds is 0. The highest BCUT2D eigenvalue weighted by atomic mass is 14.3. The molecule has 0 amide bonds. The zero-order valence-electron chi connectivity index (χ0n) is 11.9. The summed E-state index contributed by atoms with van der Waals surface area (Å²) in [5.74, 6) is 1.00. The van der Waals surface area contributed by atoms with Crippen molar-refractivity contribution in [3.8, 4) is 0 Å². The van der Waals surface area contributed by atoms with Crippen LogP contribution in [-0.4, -0.2) is 0 Å². The minimum Gasteiger partial charge on any atom is -0.0599 e. The van der Waals surface area contributed by atoms with Gasteiger partial charge >= 0.3 is 0 Å². The summed E-state index contributed by atoms with van der Waals surface area (Å²) in [4.78, 5) is 0. The van der Waals surface area contributed by atoms with E-state index in [4.69, 9.17) is 0 Å². The van der Waals surface area contributed by atoms with Crippen molar-refractivity contribution in [2.24, 2.45) is 11.3 Å². The van der Waals surface area contributed by atoms with Crippen LogP contribution in [0.4, 0.5) is 0 Å². The molecular weight excluding hydrogens is 192 g/mol. The molecular formula is C16H32. The van der Waals surface area contributed by atoms with E-state index in [1.807, 2.05) is 0 Å². The molecule has 96 valence electrons. The van der Waals surface area contributed by atoms with Crippen molar-refractivity contribution in [3.63, 3.8) is 0 Å². The molecule has 0 saturated heterocycles. The van der Waals surface area contributed by atoms with E-state index in [0.717, 1.165) is 5.92 Å². The van der Waals surface area contributed by atoms with E-state index in [9.17, 15) is 0 Å². The second-order valence-corrected chi connectivity index (χ2v) is 6.82. The second kappa shape index (κ2) is 7.35. The lowest BCUT2D eigenvalue weighted by Gasteiger charge is -2.33. The summed E-state index contributed by atoms with van der Waals surface area (Å²) in [5.41, 5.74) is 0.570. The maximum absolute atomic E-state index is 2.38. The predicted octanol–water partition coefficient (Wildman–Crippen LogP) is 5.95. The summed E-state index contributed by atoms with van der Waals surface area (Å²) in [6.07, 6.45) is 16.4. The summed E-state index contributed by atoms with van der Waals surface area (Å²) in [6, 6.07) is 0. The molecule has 0 aromatic carbocycles. The number of hydrogen-bond acceptors (Lipinski definition) is 0. The first-order valence-corrected chi connectivity index (χ1v) is 7.61. The van der Waals surface area contributed by atoms with Crippen LogP contribution in [0.5, 0.6) is 0 Å². The van der Waals surface area contributed by atoms with E-state index >= 15 is 0 Å². The Kier molecular flexibility index (Phi) is 6.46. The Bertz CT molecular complexity index is 142. The molecule has 2 fully saturated rings. The monoisotopic (exact) mass is 224 g/mol. The molecule has 0 heteroatoms. The van der Waals surface area contributed by atoms with Crippen LogP contribution >= 0.6 is 0 Å². The third kappa shape index (κ3) is 5.92. The van der Waals surface area contributed by atoms with Crippen molar-refractivity contribution < 1.29 is 0 Å². The third-order valence-electron chi connectivity index (χ3n) is 4.33. The highest BCUT2D eigenvalue weighted by Crippen LogP contribution is 2.37. The fourth-order valence-electron chi connectivity index (χ4n) is 3.03. The Hall–Kier alpha value is 0. The standard InChI is InChI=1S/C10H20.C6H12/c1-10(2,3)9-7-5-4-6-8-9;1-2-4-6-5-3-1/h9H,4-8H2,1-3H3;1-6H2. The zero-order valence-corrected chi connectivity index (χ0v) is 11.9. The van der Waals surface area contributed by atoms with Gasteiger partial charge in [-0.2, -0.15) is 0 Å². The first-order valence-electron chi connectivity index (χ1n) is 7.61. The Morgan fingerprint density at radius 3 is 1.12 bits per heavy atom. The molecule has 0 aliphatic heterocycles. The van der Waals surface area contributed by atoms with Crippen LogP contribution in [0.2, 0.25) is 0 Å². The molecule has 2 aliphatic carbocycles. The maximum atomic E-state index is 2.38. The summed E-state index contributed by atoms with van der Waals surface area (Å²) in [5, 5.41) is 0. The summed E-state index contributed by atoms with van der Waals surface area (Å²) >= 11 is 0. The predicted molar refractivity (Wildman–Crippen MR) is 73.7 cm³/mol. The van der Waals surface area contributed by atoms with E-state index < -0.39 is 0 Å². The molecule has 0 aromatic rings. The van der Waals surface area contributed by atoms with Gasteiger partial charge in [0.2, 0.25) is 0 Å². The van der Waals surface area contributed by atoms with Crippen LogP contribution < -0.4 is 0 Å². The molecule has 0 bridgehead atoms. The van der Waals surface area contributed by atoms with Crippen LogP contribution in [0.25, 0.3) is 0 Å². The zero-order chi connectivity index (χ0) is 11.9. The number of hydrogen-bond donors (Lipinski definition) is 0. The van der Waals surface area contributed by atoms with Crippen molar-refractivity contribution >= 4 is 0 Å². The largest absolute Gasteiger partial charge is 0.0599 e. The maximum Gasteiger partial charge on any atom is -0.0354 e. The van der Waals surface area contributed by atoms with Gasteiger partial charge in [-0.3, -0.25) is 0 Å². The van der Waals surface area contributed by atoms with E-state index in [1.54, 1.807) is 0 Å². The minimum absolute atomic E-state index is 0.570. The van der Waals surface area contributed by atoms with Crippen LogP contribution in [0.1, 0.15) is 91.4 Å².